The molecule has 11 nitrogen and oxygen atoms in total. The van der Waals surface area contributed by atoms with E-state index in [-0.39, 0.29) is 11.7 Å². The highest BCUT2D eigenvalue weighted by molar-refractivity contribution is 7.80. The molecule has 1 aromatic heterocycles. The highest BCUT2D eigenvalue weighted by atomic mass is 32.1. The number of nitrogens with one attached hydrogen (secondary N) is 3. The summed E-state index contributed by atoms with van der Waals surface area (Å²) in [6.45, 7) is 2.36. The number of hydrazine groups is 1. The summed E-state index contributed by atoms with van der Waals surface area (Å²) in [5.41, 5.74) is 6.53. The molecule has 1 amide bonds. The van der Waals surface area contributed by atoms with Crippen LogP contribution in [0.15, 0.2) is 42.5 Å². The predicted octanol–water partition coefficient (Wildman–Crippen LogP) is 1.77. The standard InChI is InChI=1S/C20H23N7O4S/c1-4-31-15-8-6-14(7-9-15)21-20(32)24-22-18(28)12-27-25-19(23-26-27)13-5-10-16(29-2)17(11-13)30-3/h5-11H,4,12H2,1-3H3,(H,22,28)(H2,21,24,32). The van der Waals surface area contributed by atoms with Crippen LogP contribution < -0.4 is 30.4 Å². The maximum absolute atomic E-state index is 12.2. The van der Waals surface area contributed by atoms with Gasteiger partial charge >= 0.3 is 0 Å². The first-order chi connectivity index (χ1) is 15.5. The van der Waals surface area contributed by atoms with Crippen LogP contribution in [0.4, 0.5) is 5.69 Å². The quantitative estimate of drug-likeness (QED) is 0.340. The van der Waals surface area contributed by atoms with E-state index in [1.165, 1.54) is 4.80 Å². The molecule has 12 heteroatoms. The second-order valence-electron chi connectivity index (χ2n) is 6.30. The van der Waals surface area contributed by atoms with Crippen molar-refractivity contribution in [3.05, 3.63) is 42.5 Å². The molecular formula is C20H23N7O4S. The van der Waals surface area contributed by atoms with Crippen LogP contribution in [0.3, 0.4) is 0 Å². The summed E-state index contributed by atoms with van der Waals surface area (Å²) < 4.78 is 15.9. The molecule has 0 fully saturated rings. The summed E-state index contributed by atoms with van der Waals surface area (Å²) in [6, 6.07) is 12.5. The van der Waals surface area contributed by atoms with E-state index in [0.717, 1.165) is 11.4 Å². The molecule has 0 bridgehead atoms. The van der Waals surface area contributed by atoms with E-state index < -0.39 is 5.91 Å². The number of anilines is 1. The van der Waals surface area contributed by atoms with E-state index in [9.17, 15) is 4.79 Å². The van der Waals surface area contributed by atoms with Crippen molar-refractivity contribution in [2.75, 3.05) is 26.1 Å². The van der Waals surface area contributed by atoms with Crippen LogP contribution in [-0.2, 0) is 11.3 Å². The number of carbonyl (C=O) groups is 1. The minimum Gasteiger partial charge on any atom is -0.494 e. The van der Waals surface area contributed by atoms with Gasteiger partial charge in [-0.3, -0.25) is 15.6 Å². The monoisotopic (exact) mass is 457 g/mol. The predicted molar refractivity (Wildman–Crippen MR) is 121 cm³/mol. The van der Waals surface area contributed by atoms with Gasteiger partial charge in [0, 0.05) is 11.3 Å². The van der Waals surface area contributed by atoms with Crippen molar-refractivity contribution in [3.63, 3.8) is 0 Å². The minimum atomic E-state index is -0.405. The van der Waals surface area contributed by atoms with Crippen LogP contribution >= 0.6 is 12.2 Å². The summed E-state index contributed by atoms with van der Waals surface area (Å²) in [5.74, 6) is 1.83. The first-order valence-electron chi connectivity index (χ1n) is 9.61. The maximum atomic E-state index is 12.2. The van der Waals surface area contributed by atoms with E-state index in [1.807, 2.05) is 31.2 Å². The Morgan fingerprint density at radius 3 is 2.50 bits per heavy atom. The van der Waals surface area contributed by atoms with Crippen LogP contribution in [0.1, 0.15) is 6.92 Å². The number of nitrogens with zero attached hydrogens (tertiary/aromatic N) is 4. The molecule has 3 N–H and O–H groups in total. The van der Waals surface area contributed by atoms with Crippen LogP contribution in [-0.4, -0.2) is 52.1 Å². The van der Waals surface area contributed by atoms with Crippen LogP contribution in [0.2, 0.25) is 0 Å². The largest absolute Gasteiger partial charge is 0.494 e. The molecule has 1 heterocycles. The molecule has 3 rings (SSSR count). The molecule has 0 aliphatic carbocycles. The zero-order valence-electron chi connectivity index (χ0n) is 17.8. The Hall–Kier alpha value is -3.93. The number of benzene rings is 2. The fourth-order valence-electron chi connectivity index (χ4n) is 2.66. The molecule has 0 unspecified atom stereocenters. The van der Waals surface area contributed by atoms with Crippen molar-refractivity contribution in [1.29, 1.82) is 0 Å². The number of ether oxygens (including phenoxy) is 3. The molecule has 0 radical (unpaired) electrons. The third-order valence-electron chi connectivity index (χ3n) is 4.12. The Morgan fingerprint density at radius 2 is 1.81 bits per heavy atom. The lowest BCUT2D eigenvalue weighted by Gasteiger charge is -2.11. The van der Waals surface area contributed by atoms with Crippen molar-refractivity contribution in [2.24, 2.45) is 0 Å². The fraction of sp³-hybridized carbons (Fsp3) is 0.250. The zero-order chi connectivity index (χ0) is 22.9. The first-order valence-corrected chi connectivity index (χ1v) is 10.0. The Balaban J connectivity index is 1.50. The molecule has 0 aliphatic heterocycles. The summed E-state index contributed by atoms with van der Waals surface area (Å²) in [6.07, 6.45) is 0. The maximum Gasteiger partial charge on any atom is 0.262 e. The highest BCUT2D eigenvalue weighted by Crippen LogP contribution is 2.30. The lowest BCUT2D eigenvalue weighted by Crippen LogP contribution is -2.45. The number of aromatic nitrogens is 4. The first kappa shape index (κ1) is 22.7. The number of rotatable bonds is 8. The number of hydrogen-bond donors (Lipinski definition) is 3. The smallest absolute Gasteiger partial charge is 0.262 e. The van der Waals surface area contributed by atoms with Gasteiger partial charge in [0.2, 0.25) is 5.82 Å². The van der Waals surface area contributed by atoms with Crippen molar-refractivity contribution < 1.29 is 19.0 Å². The molecule has 0 aliphatic rings. The van der Waals surface area contributed by atoms with Gasteiger partial charge in [-0.25, -0.2) is 0 Å². The summed E-state index contributed by atoms with van der Waals surface area (Å²) in [7, 11) is 3.09. The number of tetrazole rings is 1. The second-order valence-corrected chi connectivity index (χ2v) is 6.71. The number of carbonyl (C=O) groups excluding carboxylic acids is 1. The van der Waals surface area contributed by atoms with Gasteiger partial charge in [0.25, 0.3) is 5.91 Å². The van der Waals surface area contributed by atoms with Gasteiger partial charge in [0.15, 0.2) is 16.6 Å². The summed E-state index contributed by atoms with van der Waals surface area (Å²) in [5, 5.41) is 15.3. The Morgan fingerprint density at radius 1 is 1.06 bits per heavy atom. The van der Waals surface area contributed by atoms with E-state index in [1.54, 1.807) is 32.4 Å². The average Bonchev–Trinajstić information content (AvgIpc) is 3.27. The molecule has 0 saturated heterocycles. The fourth-order valence-corrected chi connectivity index (χ4v) is 2.83. The molecule has 0 spiro atoms. The lowest BCUT2D eigenvalue weighted by molar-refractivity contribution is -0.122. The third-order valence-corrected chi connectivity index (χ3v) is 4.32. The van der Waals surface area contributed by atoms with E-state index in [2.05, 4.69) is 31.6 Å². The molecule has 32 heavy (non-hydrogen) atoms. The van der Waals surface area contributed by atoms with Gasteiger partial charge in [-0.2, -0.15) is 4.80 Å². The lowest BCUT2D eigenvalue weighted by atomic mass is 10.2. The molecule has 2 aromatic carbocycles. The number of amides is 1. The topological polar surface area (TPSA) is 124 Å². The molecule has 168 valence electrons. The van der Waals surface area contributed by atoms with Gasteiger partial charge in [0.05, 0.1) is 20.8 Å². The number of methoxy groups -OCH3 is 2. The second kappa shape index (κ2) is 10.9. The van der Waals surface area contributed by atoms with Crippen molar-refractivity contribution in [3.8, 4) is 28.6 Å². The van der Waals surface area contributed by atoms with E-state index in [4.69, 9.17) is 26.4 Å². The zero-order valence-corrected chi connectivity index (χ0v) is 18.6. The van der Waals surface area contributed by atoms with Crippen molar-refractivity contribution in [2.45, 2.75) is 13.5 Å². The van der Waals surface area contributed by atoms with Gasteiger partial charge in [-0.1, -0.05) is 0 Å². The van der Waals surface area contributed by atoms with E-state index in [0.29, 0.717) is 29.5 Å². The highest BCUT2D eigenvalue weighted by Gasteiger charge is 2.12. The molecule has 3 aromatic rings. The Bertz CT molecular complexity index is 1070. The SMILES string of the molecule is CCOc1ccc(NC(=S)NNC(=O)Cn2nnc(-c3ccc(OC)c(OC)c3)n2)cc1. The summed E-state index contributed by atoms with van der Waals surface area (Å²) >= 11 is 5.17. The normalized spacial score (nSPS) is 10.2. The van der Waals surface area contributed by atoms with Crippen LogP contribution in [0.5, 0.6) is 17.2 Å². The van der Waals surface area contributed by atoms with Crippen LogP contribution in [0, 0.1) is 0 Å². The third kappa shape index (κ3) is 6.04. The molecular weight excluding hydrogens is 434 g/mol. The Kier molecular flexibility index (Phi) is 7.75. The van der Waals surface area contributed by atoms with Crippen molar-refractivity contribution >= 4 is 28.9 Å². The van der Waals surface area contributed by atoms with Gasteiger partial charge < -0.3 is 19.5 Å². The van der Waals surface area contributed by atoms with Gasteiger partial charge in [0.1, 0.15) is 12.3 Å². The number of hydrogen-bond acceptors (Lipinski definition) is 8. The molecule has 0 saturated carbocycles. The number of thiocarbonyl (C=S) groups is 1. The van der Waals surface area contributed by atoms with Gasteiger partial charge in [-0.15, -0.1) is 10.2 Å². The van der Waals surface area contributed by atoms with E-state index >= 15 is 0 Å². The van der Waals surface area contributed by atoms with Crippen LogP contribution in [0.25, 0.3) is 11.4 Å². The summed E-state index contributed by atoms with van der Waals surface area (Å²) in [4.78, 5) is 13.3. The Labute approximate surface area is 190 Å². The van der Waals surface area contributed by atoms with Crippen molar-refractivity contribution in [1.82, 2.24) is 31.1 Å². The average molecular weight is 458 g/mol. The van der Waals surface area contributed by atoms with Gasteiger partial charge in [-0.05, 0) is 66.8 Å². The molecule has 0 atom stereocenters. The minimum absolute atomic E-state index is 0.154.